The number of fused-ring (bicyclic) bond motifs is 1. The number of aromatic nitrogens is 4. The molecule has 0 unspecified atom stereocenters. The Morgan fingerprint density at radius 3 is 2.61 bits per heavy atom. The maximum Gasteiger partial charge on any atom is 0.247 e. The van der Waals surface area contributed by atoms with Crippen LogP contribution in [0.25, 0.3) is 27.7 Å². The fraction of sp³-hybridized carbons (Fsp3) is 0. The molecule has 2 aromatic heterocycles. The van der Waals surface area contributed by atoms with Gasteiger partial charge in [-0.1, -0.05) is 36.9 Å². The monoisotopic (exact) mass is 432 g/mol. The van der Waals surface area contributed by atoms with E-state index >= 15 is 0 Å². The van der Waals surface area contributed by atoms with E-state index in [-0.39, 0.29) is 5.91 Å². The van der Waals surface area contributed by atoms with E-state index in [1.165, 1.54) is 6.08 Å². The highest BCUT2D eigenvalue weighted by Gasteiger charge is 2.09. The zero-order valence-corrected chi connectivity index (χ0v) is 17.6. The van der Waals surface area contributed by atoms with E-state index in [4.69, 9.17) is 4.98 Å². The van der Waals surface area contributed by atoms with Gasteiger partial charge in [-0.2, -0.15) is 5.10 Å². The Labute approximate surface area is 190 Å². The molecule has 2 heterocycles. The fourth-order valence-electron chi connectivity index (χ4n) is 3.55. The first-order valence-electron chi connectivity index (χ1n) is 10.4. The minimum Gasteiger partial charge on any atom is -0.324 e. The summed E-state index contributed by atoms with van der Waals surface area (Å²) in [5.41, 5.74) is 5.24. The van der Waals surface area contributed by atoms with Crippen LogP contribution < -0.4 is 10.6 Å². The molecule has 2 N–H and O–H groups in total. The molecule has 0 saturated carbocycles. The lowest BCUT2D eigenvalue weighted by molar-refractivity contribution is -0.111. The fourth-order valence-corrected chi connectivity index (χ4v) is 3.55. The van der Waals surface area contributed by atoms with E-state index < -0.39 is 0 Å². The molecule has 0 aliphatic rings. The number of amides is 1. The molecule has 33 heavy (non-hydrogen) atoms. The molecule has 0 atom stereocenters. The minimum absolute atomic E-state index is 0.252. The number of hydrogen-bond acceptors (Lipinski definition) is 5. The normalized spacial score (nSPS) is 10.7. The molecule has 7 nitrogen and oxygen atoms in total. The van der Waals surface area contributed by atoms with Crippen molar-refractivity contribution in [3.8, 4) is 16.8 Å². The van der Waals surface area contributed by atoms with Gasteiger partial charge in [-0.05, 0) is 54.1 Å². The molecule has 5 rings (SSSR count). The van der Waals surface area contributed by atoms with Gasteiger partial charge in [0, 0.05) is 40.9 Å². The first-order chi connectivity index (χ1) is 16.2. The molecule has 0 fully saturated rings. The van der Waals surface area contributed by atoms with E-state index in [1.54, 1.807) is 17.1 Å². The van der Waals surface area contributed by atoms with Gasteiger partial charge in [0.05, 0.1) is 11.2 Å². The number of nitrogens with zero attached hydrogens (tertiary/aromatic N) is 4. The average Bonchev–Trinajstić information content (AvgIpc) is 3.39. The van der Waals surface area contributed by atoms with Crippen molar-refractivity contribution in [1.29, 1.82) is 0 Å². The lowest BCUT2D eigenvalue weighted by Crippen LogP contribution is -2.07. The number of hydrogen-bond donors (Lipinski definition) is 2. The summed E-state index contributed by atoms with van der Waals surface area (Å²) in [6.45, 7) is 3.50. The van der Waals surface area contributed by atoms with Gasteiger partial charge in [-0.3, -0.25) is 4.79 Å². The molecular weight excluding hydrogens is 412 g/mol. The summed E-state index contributed by atoms with van der Waals surface area (Å²) in [5, 5.41) is 11.2. The van der Waals surface area contributed by atoms with Crippen LogP contribution in [0.1, 0.15) is 0 Å². The highest BCUT2D eigenvalue weighted by molar-refractivity contribution is 6.00. The van der Waals surface area contributed by atoms with E-state index in [9.17, 15) is 4.79 Å². The molecule has 0 aliphatic carbocycles. The molecular formula is C26H20N6O. The third-order valence-electron chi connectivity index (χ3n) is 5.13. The smallest absolute Gasteiger partial charge is 0.247 e. The van der Waals surface area contributed by atoms with Crippen molar-refractivity contribution < 1.29 is 4.79 Å². The third-order valence-corrected chi connectivity index (χ3v) is 5.13. The van der Waals surface area contributed by atoms with E-state index in [0.29, 0.717) is 11.6 Å². The van der Waals surface area contributed by atoms with Crippen LogP contribution in [0.4, 0.5) is 17.3 Å². The second-order valence-corrected chi connectivity index (χ2v) is 7.33. The summed E-state index contributed by atoms with van der Waals surface area (Å²) in [7, 11) is 0. The lowest BCUT2D eigenvalue weighted by atomic mass is 10.0. The van der Waals surface area contributed by atoms with Gasteiger partial charge >= 0.3 is 0 Å². The zero-order valence-electron chi connectivity index (χ0n) is 17.6. The SMILES string of the molecule is C=CC(=O)Nc1cccc(-c2cccc3cnc(Nc4ccc(-n5cccn5)cc4)nc23)c1. The third kappa shape index (κ3) is 4.33. The van der Waals surface area contributed by atoms with Gasteiger partial charge in [-0.25, -0.2) is 14.6 Å². The van der Waals surface area contributed by atoms with E-state index in [2.05, 4.69) is 27.3 Å². The Bertz CT molecular complexity index is 1440. The highest BCUT2D eigenvalue weighted by atomic mass is 16.1. The van der Waals surface area contributed by atoms with Gasteiger partial charge < -0.3 is 10.6 Å². The lowest BCUT2D eigenvalue weighted by Gasteiger charge is -2.11. The largest absolute Gasteiger partial charge is 0.324 e. The minimum atomic E-state index is -0.252. The van der Waals surface area contributed by atoms with Gasteiger partial charge in [0.15, 0.2) is 0 Å². The van der Waals surface area contributed by atoms with Crippen LogP contribution in [0.15, 0.2) is 104 Å². The van der Waals surface area contributed by atoms with Crippen LogP contribution in [0, 0.1) is 0 Å². The van der Waals surface area contributed by atoms with Crippen molar-refractivity contribution in [3.05, 3.63) is 104 Å². The maximum atomic E-state index is 11.7. The van der Waals surface area contributed by atoms with Gasteiger partial charge in [0.2, 0.25) is 11.9 Å². The molecule has 0 spiro atoms. The molecule has 3 aromatic carbocycles. The van der Waals surface area contributed by atoms with Crippen molar-refractivity contribution in [2.75, 3.05) is 10.6 Å². The number of para-hydroxylation sites is 1. The van der Waals surface area contributed by atoms with Crippen LogP contribution in [0.2, 0.25) is 0 Å². The molecule has 0 aliphatic heterocycles. The molecule has 160 valence electrons. The molecule has 7 heteroatoms. The predicted octanol–water partition coefficient (Wildman–Crippen LogP) is 5.35. The number of nitrogens with one attached hydrogen (secondary N) is 2. The topological polar surface area (TPSA) is 84.7 Å². The first kappa shape index (κ1) is 20.1. The maximum absolute atomic E-state index is 11.7. The van der Waals surface area contributed by atoms with Crippen molar-refractivity contribution in [1.82, 2.24) is 19.7 Å². The molecule has 0 saturated heterocycles. The molecule has 0 bridgehead atoms. The Balaban J connectivity index is 1.46. The summed E-state index contributed by atoms with van der Waals surface area (Å²) in [5.74, 6) is 0.246. The number of carbonyl (C=O) groups is 1. The Morgan fingerprint density at radius 1 is 0.970 bits per heavy atom. The molecule has 5 aromatic rings. The summed E-state index contributed by atoms with van der Waals surface area (Å²) in [6, 6.07) is 23.4. The second kappa shape index (κ2) is 8.76. The summed E-state index contributed by atoms with van der Waals surface area (Å²) in [6.07, 6.45) is 6.69. The van der Waals surface area contributed by atoms with Gasteiger partial charge in [0.25, 0.3) is 0 Å². The van der Waals surface area contributed by atoms with Crippen molar-refractivity contribution in [2.45, 2.75) is 0 Å². The Kier molecular flexibility index (Phi) is 5.35. The van der Waals surface area contributed by atoms with Crippen molar-refractivity contribution in [2.24, 2.45) is 0 Å². The Morgan fingerprint density at radius 2 is 1.82 bits per heavy atom. The van der Waals surface area contributed by atoms with E-state index in [0.717, 1.165) is 33.4 Å². The molecule has 0 radical (unpaired) electrons. The van der Waals surface area contributed by atoms with Gasteiger partial charge in [0.1, 0.15) is 0 Å². The predicted molar refractivity (Wildman–Crippen MR) is 131 cm³/mol. The average molecular weight is 432 g/mol. The first-order valence-corrected chi connectivity index (χ1v) is 10.4. The number of anilines is 3. The number of carbonyl (C=O) groups excluding carboxylic acids is 1. The second-order valence-electron chi connectivity index (χ2n) is 7.33. The summed E-state index contributed by atoms with van der Waals surface area (Å²) in [4.78, 5) is 20.9. The quantitative estimate of drug-likeness (QED) is 0.353. The van der Waals surface area contributed by atoms with Crippen LogP contribution in [0.3, 0.4) is 0 Å². The van der Waals surface area contributed by atoms with Crippen molar-refractivity contribution in [3.63, 3.8) is 0 Å². The van der Waals surface area contributed by atoms with Crippen molar-refractivity contribution >= 4 is 34.1 Å². The standard InChI is InChI=1S/C26H20N6O/c1-2-24(33)29-21-8-3-6-18(16-21)23-9-4-7-19-17-27-26(31-25(19)23)30-20-10-12-22(13-11-20)32-15-5-14-28-32/h2-17H,1H2,(H,29,33)(H,27,30,31). The molecule has 1 amide bonds. The van der Waals surface area contributed by atoms with Crippen LogP contribution in [-0.2, 0) is 4.79 Å². The van der Waals surface area contributed by atoms with E-state index in [1.807, 2.05) is 79.0 Å². The van der Waals surface area contributed by atoms with Gasteiger partial charge in [-0.15, -0.1) is 0 Å². The van der Waals surface area contributed by atoms with Crippen LogP contribution in [0.5, 0.6) is 0 Å². The Hall–Kier alpha value is -4.78. The number of benzene rings is 3. The summed E-state index contributed by atoms with van der Waals surface area (Å²) >= 11 is 0. The van der Waals surface area contributed by atoms with Crippen LogP contribution >= 0.6 is 0 Å². The zero-order chi connectivity index (χ0) is 22.6. The summed E-state index contributed by atoms with van der Waals surface area (Å²) < 4.78 is 1.80. The highest BCUT2D eigenvalue weighted by Crippen LogP contribution is 2.30. The van der Waals surface area contributed by atoms with Crippen LogP contribution in [-0.4, -0.2) is 25.7 Å². The number of rotatable bonds is 6.